The molecule has 1 aromatic rings. The second kappa shape index (κ2) is 5.19. The average molecular weight is 215 g/mol. The highest BCUT2D eigenvalue weighted by atomic mass is 19.1. The molecule has 1 rings (SSSR count). The summed E-state index contributed by atoms with van der Waals surface area (Å²) < 4.78 is 32.1. The van der Waals surface area contributed by atoms with Crippen molar-refractivity contribution in [2.24, 2.45) is 5.73 Å². The number of nitrogens with two attached hydrogens (primary N) is 1. The fraction of sp³-hybridized carbons (Fsp3) is 0.455. The molecule has 1 atom stereocenters. The van der Waals surface area contributed by atoms with Gasteiger partial charge in [0.1, 0.15) is 17.7 Å². The van der Waals surface area contributed by atoms with Gasteiger partial charge in [0.25, 0.3) is 0 Å². The minimum atomic E-state index is -0.730. The van der Waals surface area contributed by atoms with E-state index in [1.165, 1.54) is 18.2 Å². The van der Waals surface area contributed by atoms with Gasteiger partial charge in [-0.05, 0) is 26.0 Å². The van der Waals surface area contributed by atoms with Gasteiger partial charge in [-0.15, -0.1) is 0 Å². The van der Waals surface area contributed by atoms with Crippen molar-refractivity contribution in [1.29, 1.82) is 0 Å². The zero-order valence-electron chi connectivity index (χ0n) is 8.84. The summed E-state index contributed by atoms with van der Waals surface area (Å²) in [6.45, 7) is 3.64. The Balaban J connectivity index is 3.00. The number of benzene rings is 1. The van der Waals surface area contributed by atoms with Crippen LogP contribution in [0.4, 0.5) is 8.78 Å². The van der Waals surface area contributed by atoms with Gasteiger partial charge in [-0.25, -0.2) is 8.78 Å². The summed E-state index contributed by atoms with van der Waals surface area (Å²) in [5, 5.41) is 0. The van der Waals surface area contributed by atoms with Crippen LogP contribution in [0.5, 0.6) is 0 Å². The molecule has 0 aromatic heterocycles. The van der Waals surface area contributed by atoms with E-state index < -0.39 is 17.7 Å². The van der Waals surface area contributed by atoms with Crippen LogP contribution in [0.15, 0.2) is 18.2 Å². The van der Waals surface area contributed by atoms with Gasteiger partial charge in [0.15, 0.2) is 0 Å². The van der Waals surface area contributed by atoms with Crippen molar-refractivity contribution in [3.63, 3.8) is 0 Å². The van der Waals surface area contributed by atoms with E-state index in [9.17, 15) is 8.78 Å². The highest BCUT2D eigenvalue weighted by Gasteiger charge is 2.20. The van der Waals surface area contributed by atoms with Crippen molar-refractivity contribution in [1.82, 2.24) is 0 Å². The van der Waals surface area contributed by atoms with Gasteiger partial charge in [-0.1, -0.05) is 6.07 Å². The number of ether oxygens (including phenoxy) is 1. The fourth-order valence-corrected chi connectivity index (χ4v) is 1.39. The Bertz CT molecular complexity index is 308. The molecule has 1 aromatic carbocycles. The largest absolute Gasteiger partial charge is 0.369 e. The quantitative estimate of drug-likeness (QED) is 0.837. The number of hydrogen-bond acceptors (Lipinski definition) is 2. The molecule has 4 heteroatoms. The van der Waals surface area contributed by atoms with Crippen LogP contribution in [-0.4, -0.2) is 12.6 Å². The minimum absolute atomic E-state index is 0.0516. The second-order valence-corrected chi connectivity index (χ2v) is 3.54. The molecule has 0 bridgehead atoms. The summed E-state index contributed by atoms with van der Waals surface area (Å²) in [5.74, 6) is -1.24. The van der Waals surface area contributed by atoms with Crippen LogP contribution in [-0.2, 0) is 4.74 Å². The van der Waals surface area contributed by atoms with Gasteiger partial charge >= 0.3 is 0 Å². The standard InChI is InChI=1S/C11H15F2NO/c1-7(2)15-10(6-14)11-8(12)4-3-5-9(11)13/h3-5,7,10H,6,14H2,1-2H3/t10-/m0/s1. The van der Waals surface area contributed by atoms with Gasteiger partial charge in [0.05, 0.1) is 11.7 Å². The number of halogens is 2. The zero-order valence-corrected chi connectivity index (χ0v) is 8.84. The Morgan fingerprint density at radius 1 is 1.27 bits per heavy atom. The third-order valence-corrected chi connectivity index (χ3v) is 1.97. The molecule has 84 valence electrons. The van der Waals surface area contributed by atoms with Crippen molar-refractivity contribution in [2.45, 2.75) is 26.1 Å². The molecule has 2 nitrogen and oxygen atoms in total. The first-order valence-corrected chi connectivity index (χ1v) is 4.85. The third-order valence-electron chi connectivity index (χ3n) is 1.97. The minimum Gasteiger partial charge on any atom is -0.369 e. The van der Waals surface area contributed by atoms with Gasteiger partial charge in [-0.3, -0.25) is 0 Å². The SMILES string of the molecule is CC(C)O[C@@H](CN)c1c(F)cccc1F. The third kappa shape index (κ3) is 2.97. The molecule has 0 radical (unpaired) electrons. The zero-order chi connectivity index (χ0) is 11.4. The van der Waals surface area contributed by atoms with E-state index in [0.29, 0.717) is 0 Å². The van der Waals surface area contributed by atoms with E-state index in [1.54, 1.807) is 13.8 Å². The topological polar surface area (TPSA) is 35.2 Å². The summed E-state index contributed by atoms with van der Waals surface area (Å²) in [6.07, 6.45) is -0.858. The first-order chi connectivity index (χ1) is 7.06. The normalized spacial score (nSPS) is 13.2. The van der Waals surface area contributed by atoms with Gasteiger partial charge in [0.2, 0.25) is 0 Å². The molecule has 0 aliphatic carbocycles. The summed E-state index contributed by atoms with van der Waals surface area (Å²) >= 11 is 0. The van der Waals surface area contributed by atoms with Crippen molar-refractivity contribution in [3.05, 3.63) is 35.4 Å². The van der Waals surface area contributed by atoms with E-state index >= 15 is 0 Å². The van der Waals surface area contributed by atoms with Crippen molar-refractivity contribution in [2.75, 3.05) is 6.54 Å². The van der Waals surface area contributed by atoms with Crippen LogP contribution in [0.1, 0.15) is 25.5 Å². The molecule has 0 aliphatic heterocycles. The van der Waals surface area contributed by atoms with Gasteiger partial charge in [0, 0.05) is 6.54 Å². The Kier molecular flexibility index (Phi) is 4.17. The summed E-state index contributed by atoms with van der Waals surface area (Å²) in [4.78, 5) is 0. The molecule has 2 N–H and O–H groups in total. The lowest BCUT2D eigenvalue weighted by molar-refractivity contribution is 0.00805. The summed E-state index contributed by atoms with van der Waals surface area (Å²) in [6, 6.07) is 3.71. The predicted molar refractivity (Wildman–Crippen MR) is 54.4 cm³/mol. The van der Waals surface area contributed by atoms with Crippen LogP contribution in [0, 0.1) is 11.6 Å². The molecule has 0 fully saturated rings. The van der Waals surface area contributed by atoms with E-state index in [2.05, 4.69) is 0 Å². The van der Waals surface area contributed by atoms with Crippen LogP contribution in [0.25, 0.3) is 0 Å². The number of hydrogen-bond donors (Lipinski definition) is 1. The molecule has 0 amide bonds. The van der Waals surface area contributed by atoms with Crippen molar-refractivity contribution in [3.8, 4) is 0 Å². The van der Waals surface area contributed by atoms with E-state index in [1.807, 2.05) is 0 Å². The summed E-state index contributed by atoms with van der Waals surface area (Å²) in [7, 11) is 0. The Morgan fingerprint density at radius 3 is 2.20 bits per heavy atom. The first-order valence-electron chi connectivity index (χ1n) is 4.85. The molecule has 0 heterocycles. The average Bonchev–Trinajstić information content (AvgIpc) is 2.15. The molecule has 0 unspecified atom stereocenters. The maximum absolute atomic E-state index is 13.4. The van der Waals surface area contributed by atoms with Crippen LogP contribution in [0.2, 0.25) is 0 Å². The molecule has 0 saturated carbocycles. The fourth-order valence-electron chi connectivity index (χ4n) is 1.39. The second-order valence-electron chi connectivity index (χ2n) is 3.54. The van der Waals surface area contributed by atoms with Crippen LogP contribution in [0.3, 0.4) is 0 Å². The van der Waals surface area contributed by atoms with Crippen LogP contribution >= 0.6 is 0 Å². The maximum Gasteiger partial charge on any atom is 0.132 e. The molecular weight excluding hydrogens is 200 g/mol. The lowest BCUT2D eigenvalue weighted by Gasteiger charge is -2.20. The molecular formula is C11H15F2NO. The van der Waals surface area contributed by atoms with E-state index in [0.717, 1.165) is 0 Å². The lowest BCUT2D eigenvalue weighted by Crippen LogP contribution is -2.21. The molecule has 0 spiro atoms. The van der Waals surface area contributed by atoms with Gasteiger partial charge < -0.3 is 10.5 Å². The first kappa shape index (κ1) is 12.1. The van der Waals surface area contributed by atoms with Gasteiger partial charge in [-0.2, -0.15) is 0 Å². The highest BCUT2D eigenvalue weighted by Crippen LogP contribution is 2.23. The highest BCUT2D eigenvalue weighted by molar-refractivity contribution is 5.22. The Hall–Kier alpha value is -1.00. The predicted octanol–water partition coefficient (Wildman–Crippen LogP) is 2.39. The van der Waals surface area contributed by atoms with Crippen LogP contribution < -0.4 is 5.73 Å². The van der Waals surface area contributed by atoms with E-state index in [-0.39, 0.29) is 18.2 Å². The van der Waals surface area contributed by atoms with Crippen molar-refractivity contribution < 1.29 is 13.5 Å². The smallest absolute Gasteiger partial charge is 0.132 e. The summed E-state index contributed by atoms with van der Waals surface area (Å²) in [5.41, 5.74) is 5.34. The lowest BCUT2D eigenvalue weighted by atomic mass is 10.1. The molecule has 15 heavy (non-hydrogen) atoms. The molecule has 0 aliphatic rings. The molecule has 0 saturated heterocycles. The Labute approximate surface area is 88.0 Å². The maximum atomic E-state index is 13.4. The monoisotopic (exact) mass is 215 g/mol. The van der Waals surface area contributed by atoms with E-state index in [4.69, 9.17) is 10.5 Å². The number of rotatable bonds is 4. The van der Waals surface area contributed by atoms with Crippen molar-refractivity contribution >= 4 is 0 Å². The Morgan fingerprint density at radius 2 is 1.80 bits per heavy atom.